The Morgan fingerprint density at radius 1 is 1.53 bits per heavy atom. The van der Waals surface area contributed by atoms with Gasteiger partial charge >= 0.3 is 5.97 Å². The van der Waals surface area contributed by atoms with Crippen molar-refractivity contribution in [3.8, 4) is 0 Å². The van der Waals surface area contributed by atoms with Crippen LogP contribution in [0, 0.1) is 5.41 Å². The number of piperidine rings is 1. The molecule has 6 heteroatoms. The van der Waals surface area contributed by atoms with E-state index in [2.05, 4.69) is 15.4 Å². The number of aliphatic hydroxyl groups is 1. The van der Waals surface area contributed by atoms with Gasteiger partial charge in [-0.25, -0.2) is 4.79 Å². The van der Waals surface area contributed by atoms with Crippen LogP contribution in [0.4, 0.5) is 0 Å². The molecular weight excluding hydrogens is 248 g/mol. The lowest BCUT2D eigenvalue weighted by Crippen LogP contribution is -2.52. The van der Waals surface area contributed by atoms with Gasteiger partial charge < -0.3 is 20.5 Å². The van der Waals surface area contributed by atoms with Crippen LogP contribution < -0.4 is 10.6 Å². The second-order valence-electron chi connectivity index (χ2n) is 5.06. The van der Waals surface area contributed by atoms with E-state index in [1.165, 1.54) is 7.11 Å². The summed E-state index contributed by atoms with van der Waals surface area (Å²) in [6, 6.07) is 0. The lowest BCUT2D eigenvalue weighted by atomic mass is 9.76. The number of rotatable bonds is 6. The summed E-state index contributed by atoms with van der Waals surface area (Å²) in [7, 11) is 1.21. The number of amides is 1. The van der Waals surface area contributed by atoms with E-state index in [-0.39, 0.29) is 12.5 Å². The molecule has 1 aliphatic heterocycles. The second kappa shape index (κ2) is 7.45. The van der Waals surface area contributed by atoms with Crippen molar-refractivity contribution in [2.24, 2.45) is 5.41 Å². The minimum atomic E-state index is -1.30. The molecule has 0 aromatic rings. The summed E-state index contributed by atoms with van der Waals surface area (Å²) in [5, 5.41) is 15.4. The van der Waals surface area contributed by atoms with E-state index in [0.29, 0.717) is 6.54 Å². The molecule has 0 aliphatic carbocycles. The van der Waals surface area contributed by atoms with Crippen LogP contribution in [-0.2, 0) is 14.3 Å². The lowest BCUT2D eigenvalue weighted by Gasteiger charge is -2.36. The van der Waals surface area contributed by atoms with Crippen LogP contribution >= 0.6 is 0 Å². The standard InChI is InChI=1S/C13H24N2O4/c1-3-5-13(6-4-7-14-9-13)12(18)15-8-10(16)11(17)19-2/h10,14,16H,3-9H2,1-2H3,(H,15,18). The van der Waals surface area contributed by atoms with Crippen LogP contribution in [0.25, 0.3) is 0 Å². The van der Waals surface area contributed by atoms with E-state index in [1.807, 2.05) is 6.92 Å². The van der Waals surface area contributed by atoms with E-state index < -0.39 is 17.5 Å². The Balaban J connectivity index is 2.55. The molecule has 3 N–H and O–H groups in total. The number of ether oxygens (including phenoxy) is 1. The molecule has 0 spiro atoms. The first-order valence-corrected chi connectivity index (χ1v) is 6.80. The largest absolute Gasteiger partial charge is 0.467 e. The van der Waals surface area contributed by atoms with Gasteiger partial charge in [0, 0.05) is 6.54 Å². The van der Waals surface area contributed by atoms with Crippen LogP contribution in [0.3, 0.4) is 0 Å². The smallest absolute Gasteiger partial charge is 0.336 e. The minimum absolute atomic E-state index is 0.0931. The minimum Gasteiger partial charge on any atom is -0.467 e. The quantitative estimate of drug-likeness (QED) is 0.583. The average molecular weight is 272 g/mol. The Morgan fingerprint density at radius 3 is 2.79 bits per heavy atom. The highest BCUT2D eigenvalue weighted by Crippen LogP contribution is 2.31. The van der Waals surface area contributed by atoms with Crippen molar-refractivity contribution in [2.45, 2.75) is 38.7 Å². The molecule has 2 atom stereocenters. The lowest BCUT2D eigenvalue weighted by molar-refractivity contribution is -0.150. The fourth-order valence-corrected chi connectivity index (χ4v) is 2.56. The molecule has 0 radical (unpaired) electrons. The highest BCUT2D eigenvalue weighted by Gasteiger charge is 2.38. The Hall–Kier alpha value is -1.14. The van der Waals surface area contributed by atoms with Crippen LogP contribution in [-0.4, -0.2) is 49.8 Å². The van der Waals surface area contributed by atoms with Gasteiger partial charge in [0.1, 0.15) is 0 Å². The molecule has 1 heterocycles. The molecule has 0 aromatic heterocycles. The summed E-state index contributed by atoms with van der Waals surface area (Å²) in [4.78, 5) is 23.4. The summed E-state index contributed by atoms with van der Waals surface area (Å²) < 4.78 is 4.41. The Morgan fingerprint density at radius 2 is 2.26 bits per heavy atom. The third-order valence-electron chi connectivity index (χ3n) is 3.61. The van der Waals surface area contributed by atoms with Gasteiger partial charge in [-0.1, -0.05) is 13.3 Å². The Kier molecular flexibility index (Phi) is 6.24. The van der Waals surface area contributed by atoms with E-state index in [9.17, 15) is 14.7 Å². The third kappa shape index (κ3) is 4.18. The molecule has 1 fully saturated rings. The summed E-state index contributed by atoms with van der Waals surface area (Å²) in [5.41, 5.74) is -0.414. The van der Waals surface area contributed by atoms with Crippen molar-refractivity contribution in [1.29, 1.82) is 0 Å². The number of carbonyl (C=O) groups is 2. The van der Waals surface area contributed by atoms with E-state index >= 15 is 0 Å². The number of methoxy groups -OCH3 is 1. The molecule has 0 saturated carbocycles. The van der Waals surface area contributed by atoms with Crippen LogP contribution in [0.5, 0.6) is 0 Å². The maximum atomic E-state index is 12.3. The second-order valence-corrected chi connectivity index (χ2v) is 5.06. The molecule has 1 amide bonds. The van der Waals surface area contributed by atoms with Gasteiger partial charge in [-0.05, 0) is 25.8 Å². The summed E-state index contributed by atoms with van der Waals surface area (Å²) in [5.74, 6) is -0.823. The number of carbonyl (C=O) groups excluding carboxylic acids is 2. The molecule has 19 heavy (non-hydrogen) atoms. The topological polar surface area (TPSA) is 87.7 Å². The predicted octanol–water partition coefficient (Wildman–Crippen LogP) is -0.194. The van der Waals surface area contributed by atoms with Gasteiger partial charge in [0.15, 0.2) is 6.10 Å². The van der Waals surface area contributed by atoms with Gasteiger partial charge in [0.05, 0.1) is 19.1 Å². The van der Waals surface area contributed by atoms with Crippen LogP contribution in [0.1, 0.15) is 32.6 Å². The molecule has 2 unspecified atom stereocenters. The molecule has 1 saturated heterocycles. The zero-order valence-electron chi connectivity index (χ0n) is 11.7. The molecular formula is C13H24N2O4. The van der Waals surface area contributed by atoms with Crippen LogP contribution in [0.15, 0.2) is 0 Å². The first-order valence-electron chi connectivity index (χ1n) is 6.80. The SMILES string of the molecule is CCCC1(C(=O)NCC(O)C(=O)OC)CCCNC1. The van der Waals surface area contributed by atoms with Crippen molar-refractivity contribution in [3.63, 3.8) is 0 Å². The van der Waals surface area contributed by atoms with E-state index in [1.54, 1.807) is 0 Å². The number of esters is 1. The first-order chi connectivity index (χ1) is 9.05. The fourth-order valence-electron chi connectivity index (χ4n) is 2.56. The van der Waals surface area contributed by atoms with Crippen molar-refractivity contribution in [1.82, 2.24) is 10.6 Å². The highest BCUT2D eigenvalue weighted by molar-refractivity contribution is 5.84. The zero-order chi connectivity index (χ0) is 14.3. The molecule has 0 aromatic carbocycles. The summed E-state index contributed by atoms with van der Waals surface area (Å²) in [6.07, 6.45) is 2.24. The highest BCUT2D eigenvalue weighted by atomic mass is 16.5. The van der Waals surface area contributed by atoms with Gasteiger partial charge in [0.25, 0.3) is 0 Å². The van der Waals surface area contributed by atoms with Gasteiger partial charge in [-0.2, -0.15) is 0 Å². The normalized spacial score (nSPS) is 24.6. The first kappa shape index (κ1) is 15.9. The molecule has 1 rings (SSSR count). The van der Waals surface area contributed by atoms with Crippen LogP contribution in [0.2, 0.25) is 0 Å². The number of aliphatic hydroxyl groups excluding tert-OH is 1. The Bertz CT molecular complexity index is 308. The van der Waals surface area contributed by atoms with Crippen molar-refractivity contribution in [3.05, 3.63) is 0 Å². The van der Waals surface area contributed by atoms with Crippen molar-refractivity contribution >= 4 is 11.9 Å². The van der Waals surface area contributed by atoms with Crippen molar-refractivity contribution < 1.29 is 19.4 Å². The average Bonchev–Trinajstić information content (AvgIpc) is 2.44. The predicted molar refractivity (Wildman–Crippen MR) is 70.5 cm³/mol. The summed E-state index contributed by atoms with van der Waals surface area (Å²) in [6.45, 7) is 3.54. The van der Waals surface area contributed by atoms with Gasteiger partial charge in [-0.15, -0.1) is 0 Å². The molecule has 110 valence electrons. The third-order valence-corrected chi connectivity index (χ3v) is 3.61. The zero-order valence-corrected chi connectivity index (χ0v) is 11.7. The number of hydrogen-bond donors (Lipinski definition) is 3. The van der Waals surface area contributed by atoms with Crippen molar-refractivity contribution in [2.75, 3.05) is 26.7 Å². The Labute approximate surface area is 113 Å². The van der Waals surface area contributed by atoms with E-state index in [0.717, 1.165) is 32.2 Å². The van der Waals surface area contributed by atoms with E-state index in [4.69, 9.17) is 0 Å². The molecule has 6 nitrogen and oxygen atoms in total. The van der Waals surface area contributed by atoms with Gasteiger partial charge in [-0.3, -0.25) is 4.79 Å². The number of nitrogens with one attached hydrogen (secondary N) is 2. The molecule has 0 bridgehead atoms. The monoisotopic (exact) mass is 272 g/mol. The van der Waals surface area contributed by atoms with Gasteiger partial charge in [0.2, 0.25) is 5.91 Å². The molecule has 1 aliphatic rings. The fraction of sp³-hybridized carbons (Fsp3) is 0.846. The number of hydrogen-bond acceptors (Lipinski definition) is 5. The maximum Gasteiger partial charge on any atom is 0.336 e. The maximum absolute atomic E-state index is 12.3. The summed E-state index contributed by atoms with van der Waals surface area (Å²) >= 11 is 0.